The van der Waals surface area contributed by atoms with Crippen molar-refractivity contribution in [2.45, 2.75) is 35.1 Å². The third-order valence-corrected chi connectivity index (χ3v) is 11.0. The molecule has 0 saturated carbocycles. The summed E-state index contributed by atoms with van der Waals surface area (Å²) in [6, 6.07) is 26.6. The number of fused-ring (bicyclic) bond motifs is 2. The summed E-state index contributed by atoms with van der Waals surface area (Å²) in [7, 11) is 0. The molecule has 1 fully saturated rings. The van der Waals surface area contributed by atoms with Crippen molar-refractivity contribution in [3.63, 3.8) is 0 Å². The van der Waals surface area contributed by atoms with Gasteiger partial charge in [-0.15, -0.1) is 0 Å². The monoisotopic (exact) mass is 602 g/mol. The van der Waals surface area contributed by atoms with Gasteiger partial charge in [0.25, 0.3) is 0 Å². The van der Waals surface area contributed by atoms with Gasteiger partial charge < -0.3 is 15.1 Å². The van der Waals surface area contributed by atoms with Gasteiger partial charge in [0.2, 0.25) is 5.89 Å². The number of benzene rings is 3. The van der Waals surface area contributed by atoms with Crippen LogP contribution in [0, 0.1) is 5.41 Å². The molecule has 2 aliphatic rings. The molecule has 9 heteroatoms. The van der Waals surface area contributed by atoms with Crippen LogP contribution in [-0.2, 0) is 6.42 Å². The van der Waals surface area contributed by atoms with Gasteiger partial charge in [-0.2, -0.15) is 0 Å². The van der Waals surface area contributed by atoms with Gasteiger partial charge in [0, 0.05) is 24.0 Å². The number of rotatable bonds is 4. The number of piperidine rings is 1. The van der Waals surface area contributed by atoms with Crippen LogP contribution < -0.4 is 10.6 Å². The van der Waals surface area contributed by atoms with E-state index in [-0.39, 0.29) is 11.5 Å². The average molecular weight is 603 g/mol. The predicted octanol–water partition coefficient (Wildman–Crippen LogP) is 7.78. The van der Waals surface area contributed by atoms with Crippen molar-refractivity contribution >= 4 is 57.1 Å². The molecular weight excluding hydrogens is 576 g/mol. The van der Waals surface area contributed by atoms with Crippen LogP contribution in [0.3, 0.4) is 0 Å². The summed E-state index contributed by atoms with van der Waals surface area (Å²) in [5, 5.41) is 0.606. The zero-order chi connectivity index (χ0) is 28.7. The van der Waals surface area contributed by atoms with Gasteiger partial charge in [0.1, 0.15) is 16.7 Å². The molecule has 0 unspecified atom stereocenters. The maximum absolute atomic E-state index is 6.95. The Hall–Kier alpha value is -4.11. The van der Waals surface area contributed by atoms with E-state index >= 15 is 0 Å². The Kier molecular flexibility index (Phi) is 5.58. The predicted molar refractivity (Wildman–Crippen MR) is 171 cm³/mol. The third-order valence-electron chi connectivity index (χ3n) is 9.40. The van der Waals surface area contributed by atoms with Gasteiger partial charge >= 0.3 is 0 Å². The standard InChI is InChI=1S/C34H27ClN6OS/c35-29-22(33-38-23-9-3-4-10-25(23)42-33)8-5-11-26(29)43-27-12-13-28-39-31(24-19-37-32(27)41(24)28)40-16-14-34(15-17-40)18-20-6-1-2-7-21(20)30(34)36/h1-13,19,30H,14-18,36H2/t30-/m1/s1. The number of hydrogen-bond acceptors (Lipinski definition) is 7. The third kappa shape index (κ3) is 3.83. The van der Waals surface area contributed by atoms with E-state index in [1.807, 2.05) is 48.7 Å². The number of nitrogens with zero attached hydrogens (tertiary/aromatic N) is 5. The summed E-state index contributed by atoms with van der Waals surface area (Å²) < 4.78 is 8.18. The molecule has 1 atom stereocenters. The highest BCUT2D eigenvalue weighted by Gasteiger charge is 2.46. The number of pyridine rings is 1. The lowest BCUT2D eigenvalue weighted by atomic mass is 9.73. The summed E-state index contributed by atoms with van der Waals surface area (Å²) in [6.07, 6.45) is 5.12. The molecule has 0 bridgehead atoms. The Bertz CT molecular complexity index is 2130. The second kappa shape index (κ2) is 9.44. The number of aromatic nitrogens is 4. The fraction of sp³-hybridized carbons (Fsp3) is 0.206. The summed E-state index contributed by atoms with van der Waals surface area (Å²) in [5.41, 5.74) is 14.8. The SMILES string of the molecule is N[C@@H]1c2ccccc2CC12CCN(c1nc3ccc(Sc4cccc(-c5nc6ccccc6o5)c4Cl)c4ncc1n34)CC2. The Labute approximate surface area is 257 Å². The number of oxazole rings is 1. The van der Waals surface area contributed by atoms with Gasteiger partial charge in [-0.25, -0.2) is 15.0 Å². The second-order valence-electron chi connectivity index (χ2n) is 11.7. The van der Waals surface area contributed by atoms with E-state index in [0.29, 0.717) is 10.9 Å². The Morgan fingerprint density at radius 2 is 1.74 bits per heavy atom. The molecule has 3 aromatic carbocycles. The number of hydrogen-bond donors (Lipinski definition) is 1. The first kappa shape index (κ1) is 25.4. The molecule has 1 saturated heterocycles. The second-order valence-corrected chi connectivity index (χ2v) is 13.2. The highest BCUT2D eigenvalue weighted by molar-refractivity contribution is 7.99. The lowest BCUT2D eigenvalue weighted by Gasteiger charge is -2.42. The van der Waals surface area contributed by atoms with Gasteiger partial charge in [-0.05, 0) is 72.2 Å². The van der Waals surface area contributed by atoms with Crippen LogP contribution in [0.15, 0.2) is 99.3 Å². The van der Waals surface area contributed by atoms with Gasteiger partial charge in [0.05, 0.1) is 21.7 Å². The topological polar surface area (TPSA) is 85.5 Å². The number of nitrogens with two attached hydrogens (primary N) is 1. The molecule has 9 rings (SSSR count). The van der Waals surface area contributed by atoms with Gasteiger partial charge in [0.15, 0.2) is 17.0 Å². The summed E-state index contributed by atoms with van der Waals surface area (Å²) in [6.45, 7) is 1.86. The molecule has 4 aromatic heterocycles. The molecule has 7 nitrogen and oxygen atoms in total. The van der Waals surface area contributed by atoms with E-state index in [9.17, 15) is 0 Å². The van der Waals surface area contributed by atoms with Crippen molar-refractivity contribution in [2.24, 2.45) is 11.1 Å². The summed E-state index contributed by atoms with van der Waals surface area (Å²) >= 11 is 8.54. The molecule has 0 amide bonds. The largest absolute Gasteiger partial charge is 0.436 e. The highest BCUT2D eigenvalue weighted by atomic mass is 35.5. The van der Waals surface area contributed by atoms with Gasteiger partial charge in [-0.3, -0.25) is 4.40 Å². The molecule has 2 N–H and O–H groups in total. The lowest BCUT2D eigenvalue weighted by molar-refractivity contribution is 0.187. The van der Waals surface area contributed by atoms with Crippen molar-refractivity contribution in [3.05, 3.63) is 101 Å². The normalized spacial score (nSPS) is 18.0. The van der Waals surface area contributed by atoms with E-state index in [1.54, 1.807) is 11.8 Å². The molecular formula is C34H27ClN6OS. The quantitative estimate of drug-likeness (QED) is 0.220. The fourth-order valence-corrected chi connectivity index (χ4v) is 8.39. The zero-order valence-corrected chi connectivity index (χ0v) is 24.8. The summed E-state index contributed by atoms with van der Waals surface area (Å²) in [4.78, 5) is 18.9. The van der Waals surface area contributed by atoms with Crippen LogP contribution in [-0.4, -0.2) is 32.4 Å². The Morgan fingerprint density at radius 3 is 2.60 bits per heavy atom. The minimum atomic E-state index is 0.0998. The van der Waals surface area contributed by atoms with E-state index in [0.717, 1.165) is 81.4 Å². The van der Waals surface area contributed by atoms with Crippen LogP contribution >= 0.6 is 23.4 Å². The highest BCUT2D eigenvalue weighted by Crippen LogP contribution is 2.51. The van der Waals surface area contributed by atoms with E-state index in [1.165, 1.54) is 11.1 Å². The fourth-order valence-electron chi connectivity index (χ4n) is 7.11. The molecule has 43 heavy (non-hydrogen) atoms. The molecule has 1 aliphatic carbocycles. The minimum absolute atomic E-state index is 0.0998. The zero-order valence-electron chi connectivity index (χ0n) is 23.2. The smallest absolute Gasteiger partial charge is 0.228 e. The first-order valence-corrected chi connectivity index (χ1v) is 15.8. The minimum Gasteiger partial charge on any atom is -0.436 e. The Morgan fingerprint density at radius 1 is 0.907 bits per heavy atom. The average Bonchev–Trinajstić information content (AvgIpc) is 3.80. The number of anilines is 1. The molecule has 212 valence electrons. The Balaban J connectivity index is 1.00. The molecule has 1 spiro atoms. The molecule has 5 heterocycles. The van der Waals surface area contributed by atoms with Crippen molar-refractivity contribution in [3.8, 4) is 11.5 Å². The van der Waals surface area contributed by atoms with Crippen LogP contribution in [0.2, 0.25) is 5.02 Å². The van der Waals surface area contributed by atoms with E-state index in [2.05, 4.69) is 50.7 Å². The number of halogens is 1. The van der Waals surface area contributed by atoms with E-state index in [4.69, 9.17) is 31.7 Å². The maximum atomic E-state index is 6.95. The van der Waals surface area contributed by atoms with Crippen molar-refractivity contribution in [2.75, 3.05) is 18.0 Å². The van der Waals surface area contributed by atoms with Crippen LogP contribution in [0.4, 0.5) is 5.82 Å². The maximum Gasteiger partial charge on any atom is 0.228 e. The van der Waals surface area contributed by atoms with Crippen molar-refractivity contribution in [1.29, 1.82) is 0 Å². The van der Waals surface area contributed by atoms with Crippen LogP contribution in [0.1, 0.15) is 30.0 Å². The molecule has 1 aliphatic heterocycles. The summed E-state index contributed by atoms with van der Waals surface area (Å²) in [5.74, 6) is 1.51. The van der Waals surface area contributed by atoms with Crippen LogP contribution in [0.5, 0.6) is 0 Å². The van der Waals surface area contributed by atoms with Gasteiger partial charge in [-0.1, -0.05) is 65.8 Å². The van der Waals surface area contributed by atoms with E-state index < -0.39 is 0 Å². The van der Waals surface area contributed by atoms with Crippen LogP contribution in [0.25, 0.3) is 39.4 Å². The molecule has 7 aromatic rings. The van der Waals surface area contributed by atoms with Crippen molar-refractivity contribution in [1.82, 2.24) is 19.4 Å². The lowest BCUT2D eigenvalue weighted by Crippen LogP contribution is -2.44. The molecule has 0 radical (unpaired) electrons. The first-order chi connectivity index (χ1) is 21.1. The number of para-hydroxylation sites is 2. The first-order valence-electron chi connectivity index (χ1n) is 14.6. The number of imidazole rings is 2. The van der Waals surface area contributed by atoms with Crippen molar-refractivity contribution < 1.29 is 4.42 Å².